The van der Waals surface area contributed by atoms with E-state index in [1.807, 2.05) is 51.9 Å². The van der Waals surface area contributed by atoms with Crippen molar-refractivity contribution in [2.75, 3.05) is 22.6 Å². The summed E-state index contributed by atoms with van der Waals surface area (Å²) in [4.78, 5) is 22.9. The van der Waals surface area contributed by atoms with Gasteiger partial charge in [-0.1, -0.05) is 13.8 Å². The van der Waals surface area contributed by atoms with E-state index < -0.39 is 5.95 Å². The van der Waals surface area contributed by atoms with Crippen LogP contribution in [-0.2, 0) is 17.9 Å². The highest BCUT2D eigenvalue weighted by Gasteiger charge is 2.34. The Balaban J connectivity index is 1.47. The van der Waals surface area contributed by atoms with Gasteiger partial charge in [0.2, 0.25) is 11.9 Å². The smallest absolute Gasteiger partial charge is 0.247 e. The van der Waals surface area contributed by atoms with E-state index in [4.69, 9.17) is 0 Å². The lowest BCUT2D eigenvalue weighted by molar-refractivity contribution is -0.118. The van der Waals surface area contributed by atoms with Crippen LogP contribution in [0.1, 0.15) is 36.2 Å². The van der Waals surface area contributed by atoms with E-state index in [0.717, 1.165) is 39.6 Å². The number of pyridine rings is 2. The SMILES string of the molecule is Cc1cc(F)ncc1Cn1cc(CNc2cc3c(c(C)n2)NC(=O)[C@H](C(C)C)N3C)cn1. The van der Waals surface area contributed by atoms with Gasteiger partial charge in [-0.3, -0.25) is 9.48 Å². The highest BCUT2D eigenvalue weighted by molar-refractivity contribution is 6.04. The Hall–Kier alpha value is -3.49. The van der Waals surface area contributed by atoms with Crippen LogP contribution in [-0.4, -0.2) is 38.7 Å². The molecular formula is C23H28FN7O. The average Bonchev–Trinajstić information content (AvgIpc) is 3.17. The molecule has 9 heteroatoms. The number of nitrogens with zero attached hydrogens (tertiary/aromatic N) is 5. The number of halogens is 1. The van der Waals surface area contributed by atoms with Gasteiger partial charge in [0.1, 0.15) is 11.9 Å². The Labute approximate surface area is 186 Å². The summed E-state index contributed by atoms with van der Waals surface area (Å²) in [6.07, 6.45) is 5.29. The second-order valence-corrected chi connectivity index (χ2v) is 8.61. The minimum absolute atomic E-state index is 0.000357. The van der Waals surface area contributed by atoms with Crippen molar-refractivity contribution in [3.63, 3.8) is 0 Å². The summed E-state index contributed by atoms with van der Waals surface area (Å²) >= 11 is 0. The molecule has 0 bridgehead atoms. The topological polar surface area (TPSA) is 88.0 Å². The lowest BCUT2D eigenvalue weighted by atomic mass is 9.98. The molecule has 1 atom stereocenters. The number of anilines is 3. The van der Waals surface area contributed by atoms with Crippen molar-refractivity contribution in [2.24, 2.45) is 5.92 Å². The Kier molecular flexibility index (Phi) is 5.82. The fourth-order valence-corrected chi connectivity index (χ4v) is 4.12. The molecule has 3 aromatic heterocycles. The van der Waals surface area contributed by atoms with Gasteiger partial charge in [0.25, 0.3) is 0 Å². The predicted molar refractivity (Wildman–Crippen MR) is 122 cm³/mol. The molecule has 0 radical (unpaired) electrons. The summed E-state index contributed by atoms with van der Waals surface area (Å²) in [7, 11) is 1.95. The van der Waals surface area contributed by atoms with Crippen LogP contribution in [0.2, 0.25) is 0 Å². The normalized spacial score (nSPS) is 15.7. The molecule has 168 valence electrons. The Morgan fingerprint density at radius 1 is 1.25 bits per heavy atom. The fourth-order valence-electron chi connectivity index (χ4n) is 4.12. The van der Waals surface area contributed by atoms with E-state index in [-0.39, 0.29) is 17.9 Å². The number of aromatic nitrogens is 4. The molecule has 3 aromatic rings. The van der Waals surface area contributed by atoms with Crippen LogP contribution in [0.3, 0.4) is 0 Å². The standard InChI is InChI=1S/C23H28FN7O/c1-13(2)22-23(32)29-21-15(4)28-20(7-18(21)30(22)5)26-8-16-9-27-31(11-16)12-17-10-25-19(24)6-14(17)3/h6-7,9-11,13,22H,8,12H2,1-5H3,(H,26,28)(H,29,32)/t22-/m0/s1. The van der Waals surface area contributed by atoms with Crippen LogP contribution in [0, 0.1) is 25.7 Å². The molecule has 0 unspecified atom stereocenters. The number of amides is 1. The minimum atomic E-state index is -0.477. The molecule has 0 fully saturated rings. The number of aryl methyl sites for hydroxylation is 2. The molecule has 2 N–H and O–H groups in total. The molecule has 0 saturated heterocycles. The van der Waals surface area contributed by atoms with Gasteiger partial charge in [-0.05, 0) is 37.0 Å². The van der Waals surface area contributed by atoms with Crippen LogP contribution in [0.25, 0.3) is 0 Å². The van der Waals surface area contributed by atoms with Crippen LogP contribution >= 0.6 is 0 Å². The summed E-state index contributed by atoms with van der Waals surface area (Å²) < 4.78 is 15.0. The Morgan fingerprint density at radius 3 is 2.75 bits per heavy atom. The van der Waals surface area contributed by atoms with Crippen LogP contribution in [0.5, 0.6) is 0 Å². The first-order chi connectivity index (χ1) is 15.2. The van der Waals surface area contributed by atoms with Gasteiger partial charge in [-0.25, -0.2) is 9.97 Å². The van der Waals surface area contributed by atoms with Gasteiger partial charge in [0, 0.05) is 37.6 Å². The zero-order valence-corrected chi connectivity index (χ0v) is 19.0. The maximum absolute atomic E-state index is 13.2. The molecule has 0 spiro atoms. The van der Waals surface area contributed by atoms with Gasteiger partial charge in [-0.2, -0.15) is 9.49 Å². The third-order valence-corrected chi connectivity index (χ3v) is 5.80. The fraction of sp³-hybridized carbons (Fsp3) is 0.391. The van der Waals surface area contributed by atoms with Gasteiger partial charge in [0.15, 0.2) is 0 Å². The monoisotopic (exact) mass is 437 g/mol. The van der Waals surface area contributed by atoms with E-state index in [9.17, 15) is 9.18 Å². The van der Waals surface area contributed by atoms with E-state index in [2.05, 4.69) is 25.7 Å². The molecule has 1 aliphatic rings. The van der Waals surface area contributed by atoms with Crippen LogP contribution in [0.15, 0.2) is 30.7 Å². The number of carbonyl (C=O) groups is 1. The van der Waals surface area contributed by atoms with Crippen molar-refractivity contribution < 1.29 is 9.18 Å². The highest BCUT2D eigenvalue weighted by Crippen LogP contribution is 2.36. The number of carbonyl (C=O) groups excluding carboxylic acids is 1. The number of rotatable bonds is 6. The lowest BCUT2D eigenvalue weighted by Gasteiger charge is -2.38. The van der Waals surface area contributed by atoms with Gasteiger partial charge < -0.3 is 15.5 Å². The molecule has 32 heavy (non-hydrogen) atoms. The molecular weight excluding hydrogens is 409 g/mol. The first-order valence-electron chi connectivity index (χ1n) is 10.6. The van der Waals surface area contributed by atoms with Crippen molar-refractivity contribution in [2.45, 2.75) is 46.8 Å². The third-order valence-electron chi connectivity index (χ3n) is 5.80. The number of fused-ring (bicyclic) bond motifs is 1. The van der Waals surface area contributed by atoms with Gasteiger partial charge >= 0.3 is 0 Å². The molecule has 8 nitrogen and oxygen atoms in total. The molecule has 0 aliphatic carbocycles. The second kappa shape index (κ2) is 8.57. The van der Waals surface area contributed by atoms with Crippen molar-refractivity contribution in [3.05, 3.63) is 59.1 Å². The van der Waals surface area contributed by atoms with E-state index in [0.29, 0.717) is 13.1 Å². The molecule has 0 aromatic carbocycles. The summed E-state index contributed by atoms with van der Waals surface area (Å²) in [6, 6.07) is 3.17. The van der Waals surface area contributed by atoms with Crippen molar-refractivity contribution in [3.8, 4) is 0 Å². The molecule has 4 heterocycles. The zero-order chi connectivity index (χ0) is 23.0. The quantitative estimate of drug-likeness (QED) is 0.574. The van der Waals surface area contributed by atoms with Gasteiger partial charge in [-0.15, -0.1) is 0 Å². The molecule has 1 aliphatic heterocycles. The maximum Gasteiger partial charge on any atom is 0.247 e. The van der Waals surface area contributed by atoms with Crippen molar-refractivity contribution in [1.29, 1.82) is 0 Å². The largest absolute Gasteiger partial charge is 0.366 e. The Bertz CT molecular complexity index is 1160. The number of likely N-dealkylation sites (N-methyl/N-ethyl adjacent to an activating group) is 1. The van der Waals surface area contributed by atoms with E-state index in [1.165, 1.54) is 6.07 Å². The Morgan fingerprint density at radius 2 is 2.03 bits per heavy atom. The maximum atomic E-state index is 13.2. The number of hydrogen-bond acceptors (Lipinski definition) is 6. The van der Waals surface area contributed by atoms with Crippen molar-refractivity contribution >= 4 is 23.1 Å². The lowest BCUT2D eigenvalue weighted by Crippen LogP contribution is -2.49. The molecule has 1 amide bonds. The molecule has 0 saturated carbocycles. The molecule has 4 rings (SSSR count). The third kappa shape index (κ3) is 4.28. The van der Waals surface area contributed by atoms with Crippen LogP contribution in [0.4, 0.5) is 21.6 Å². The van der Waals surface area contributed by atoms with E-state index in [1.54, 1.807) is 17.1 Å². The first kappa shape index (κ1) is 21.7. The summed E-state index contributed by atoms with van der Waals surface area (Å²) in [5.41, 5.74) is 5.24. The highest BCUT2D eigenvalue weighted by atomic mass is 19.1. The average molecular weight is 438 g/mol. The zero-order valence-electron chi connectivity index (χ0n) is 19.0. The minimum Gasteiger partial charge on any atom is -0.366 e. The summed E-state index contributed by atoms with van der Waals surface area (Å²) in [6.45, 7) is 8.91. The predicted octanol–water partition coefficient (Wildman–Crippen LogP) is 3.50. The van der Waals surface area contributed by atoms with Crippen LogP contribution < -0.4 is 15.5 Å². The summed E-state index contributed by atoms with van der Waals surface area (Å²) in [5, 5.41) is 10.8. The summed E-state index contributed by atoms with van der Waals surface area (Å²) in [5.74, 6) is 0.441. The first-order valence-corrected chi connectivity index (χ1v) is 10.6. The van der Waals surface area contributed by atoms with E-state index >= 15 is 0 Å². The number of nitrogens with one attached hydrogen (secondary N) is 2. The second-order valence-electron chi connectivity index (χ2n) is 8.61. The van der Waals surface area contributed by atoms with Crippen molar-refractivity contribution in [1.82, 2.24) is 19.7 Å². The van der Waals surface area contributed by atoms with Gasteiger partial charge in [0.05, 0.1) is 29.8 Å². The number of hydrogen-bond donors (Lipinski definition) is 2.